The molecule has 0 heterocycles. The van der Waals surface area contributed by atoms with E-state index in [1.54, 1.807) is 48.5 Å². The first kappa shape index (κ1) is 34.6. The Balaban J connectivity index is 1.75. The molecule has 2 unspecified atom stereocenters. The van der Waals surface area contributed by atoms with Gasteiger partial charge in [-0.3, -0.25) is 14.4 Å². The van der Waals surface area contributed by atoms with Gasteiger partial charge in [-0.15, -0.1) is 11.6 Å². The molecule has 236 valence electrons. The van der Waals surface area contributed by atoms with Crippen LogP contribution in [0.1, 0.15) is 89.2 Å². The summed E-state index contributed by atoms with van der Waals surface area (Å²) in [6.45, 7) is 15.1. The van der Waals surface area contributed by atoms with Gasteiger partial charge in [0.1, 0.15) is 11.5 Å². The molecule has 3 rings (SSSR count). The van der Waals surface area contributed by atoms with E-state index in [0.29, 0.717) is 29.3 Å². The number of hydrogen-bond donors (Lipinski definition) is 2. The van der Waals surface area contributed by atoms with Crippen molar-refractivity contribution in [2.45, 2.75) is 90.0 Å². The highest BCUT2D eigenvalue weighted by molar-refractivity contribution is 6.45. The Labute approximate surface area is 266 Å². The van der Waals surface area contributed by atoms with Crippen molar-refractivity contribution in [3.63, 3.8) is 0 Å². The smallest absolute Gasteiger partial charge is 0.265 e. The lowest BCUT2D eigenvalue weighted by molar-refractivity contribution is -0.122. The minimum absolute atomic E-state index is 0.0181. The lowest BCUT2D eigenvalue weighted by Gasteiger charge is -2.31. The van der Waals surface area contributed by atoms with Gasteiger partial charge in [0.15, 0.2) is 17.3 Å². The third kappa shape index (κ3) is 8.20. The summed E-state index contributed by atoms with van der Waals surface area (Å²) in [5, 5.41) is 4.10. The summed E-state index contributed by atoms with van der Waals surface area (Å²) in [6.07, 6.45) is 1.63. The Morgan fingerprint density at radius 2 is 1.39 bits per heavy atom. The Morgan fingerprint density at radius 1 is 0.773 bits per heavy atom. The Hall–Kier alpha value is -3.84. The van der Waals surface area contributed by atoms with Gasteiger partial charge in [-0.05, 0) is 72.1 Å². The van der Waals surface area contributed by atoms with E-state index in [-0.39, 0.29) is 22.3 Å². The molecule has 0 fully saturated rings. The van der Waals surface area contributed by atoms with Crippen LogP contribution < -0.4 is 20.1 Å². The van der Waals surface area contributed by atoms with E-state index in [4.69, 9.17) is 21.1 Å². The van der Waals surface area contributed by atoms with Gasteiger partial charge in [-0.1, -0.05) is 78.8 Å². The zero-order valence-electron chi connectivity index (χ0n) is 27.0. The van der Waals surface area contributed by atoms with E-state index in [0.717, 1.165) is 18.4 Å². The van der Waals surface area contributed by atoms with Crippen molar-refractivity contribution in [1.29, 1.82) is 0 Å². The van der Waals surface area contributed by atoms with E-state index >= 15 is 0 Å². The van der Waals surface area contributed by atoms with Crippen LogP contribution in [0.4, 0.5) is 11.4 Å². The molecule has 0 aliphatic carbocycles. The molecule has 8 heteroatoms. The molecule has 0 saturated carbocycles. The lowest BCUT2D eigenvalue weighted by atomic mass is 9.76. The SMILES string of the molecule is CCC(Oc1ccc(C(C)(C)CC)cc1C(C)(C)CC)C(=O)Nc1cccc(NC(=O)C(Cl)C(=O)c2ccccc2OC)c1. The number of halogens is 1. The molecule has 0 aromatic heterocycles. The monoisotopic (exact) mass is 620 g/mol. The molecule has 0 saturated heterocycles. The summed E-state index contributed by atoms with van der Waals surface area (Å²) in [6, 6.07) is 19.5. The second-order valence-electron chi connectivity index (χ2n) is 12.2. The van der Waals surface area contributed by atoms with Crippen LogP contribution in [0.2, 0.25) is 0 Å². The first-order valence-corrected chi connectivity index (χ1v) is 15.6. The summed E-state index contributed by atoms with van der Waals surface area (Å²) in [7, 11) is 1.44. The standard InChI is InChI=1S/C36H45ClN2O5/c1-9-28(44-30-20-19-23(35(4,5)10-2)21-27(30)36(6,7)11-3)33(41)38-24-15-14-16-25(22-24)39-34(42)31(37)32(40)26-17-12-13-18-29(26)43-8/h12-22,28,31H,9-11H2,1-8H3,(H,38,41)(H,39,42). The Kier molecular flexibility index (Phi) is 11.6. The third-order valence-electron chi connectivity index (χ3n) is 8.42. The predicted molar refractivity (Wildman–Crippen MR) is 178 cm³/mol. The summed E-state index contributed by atoms with van der Waals surface area (Å²) >= 11 is 6.25. The van der Waals surface area contributed by atoms with Gasteiger partial charge in [-0.25, -0.2) is 0 Å². The van der Waals surface area contributed by atoms with Gasteiger partial charge in [0.2, 0.25) is 5.91 Å². The minimum Gasteiger partial charge on any atom is -0.496 e. The molecule has 0 spiro atoms. The summed E-state index contributed by atoms with van der Waals surface area (Å²) in [4.78, 5) is 39.1. The fourth-order valence-corrected chi connectivity index (χ4v) is 4.83. The van der Waals surface area contributed by atoms with Crippen LogP contribution >= 0.6 is 11.6 Å². The van der Waals surface area contributed by atoms with E-state index in [2.05, 4.69) is 64.3 Å². The predicted octanol–water partition coefficient (Wildman–Crippen LogP) is 8.30. The van der Waals surface area contributed by atoms with Crippen molar-refractivity contribution in [1.82, 2.24) is 0 Å². The van der Waals surface area contributed by atoms with Crippen molar-refractivity contribution in [3.05, 3.63) is 83.4 Å². The van der Waals surface area contributed by atoms with Gasteiger partial charge in [-0.2, -0.15) is 0 Å². The maximum atomic E-state index is 13.4. The van der Waals surface area contributed by atoms with E-state index in [1.807, 2.05) is 13.0 Å². The fraction of sp³-hybridized carbons (Fsp3) is 0.417. The highest BCUT2D eigenvalue weighted by Crippen LogP contribution is 2.39. The van der Waals surface area contributed by atoms with Crippen LogP contribution in [0.5, 0.6) is 11.5 Å². The molecule has 0 bridgehead atoms. The molecule has 44 heavy (non-hydrogen) atoms. The number of ether oxygens (including phenoxy) is 2. The first-order valence-electron chi connectivity index (χ1n) is 15.1. The van der Waals surface area contributed by atoms with Crippen molar-refractivity contribution in [2.24, 2.45) is 0 Å². The maximum Gasteiger partial charge on any atom is 0.265 e. The average Bonchev–Trinajstić information content (AvgIpc) is 3.02. The minimum atomic E-state index is -1.47. The Bertz CT molecular complexity index is 1480. The quantitative estimate of drug-likeness (QED) is 0.107. The molecule has 0 radical (unpaired) electrons. The van der Waals surface area contributed by atoms with Crippen molar-refractivity contribution >= 4 is 40.6 Å². The number of amides is 2. The molecular formula is C36H45ClN2O5. The van der Waals surface area contributed by atoms with E-state index in [1.165, 1.54) is 12.7 Å². The largest absolute Gasteiger partial charge is 0.496 e. The number of alkyl halides is 1. The topological polar surface area (TPSA) is 93.7 Å². The van der Waals surface area contributed by atoms with Crippen LogP contribution in [0.15, 0.2) is 66.7 Å². The number of Topliss-reactive ketones (excluding diaryl/α,β-unsaturated/α-hetero) is 1. The number of benzene rings is 3. The van der Waals surface area contributed by atoms with Crippen LogP contribution in [0, 0.1) is 0 Å². The number of rotatable bonds is 14. The second-order valence-corrected chi connectivity index (χ2v) is 12.6. The third-order valence-corrected chi connectivity index (χ3v) is 8.82. The molecular weight excluding hydrogens is 576 g/mol. The molecule has 7 nitrogen and oxygen atoms in total. The Morgan fingerprint density at radius 3 is 1.98 bits per heavy atom. The van der Waals surface area contributed by atoms with Crippen molar-refractivity contribution in [3.8, 4) is 11.5 Å². The summed E-state index contributed by atoms with van der Waals surface area (Å²) < 4.78 is 11.6. The number of methoxy groups -OCH3 is 1. The van der Waals surface area contributed by atoms with Gasteiger partial charge in [0.05, 0.1) is 12.7 Å². The number of hydrogen-bond acceptors (Lipinski definition) is 5. The number of anilines is 2. The summed E-state index contributed by atoms with van der Waals surface area (Å²) in [5.74, 6) is -0.550. The zero-order valence-corrected chi connectivity index (χ0v) is 27.8. The molecule has 2 atom stereocenters. The number of nitrogens with one attached hydrogen (secondary N) is 2. The molecule has 2 N–H and O–H groups in total. The van der Waals surface area contributed by atoms with Gasteiger partial charge in [0, 0.05) is 16.9 Å². The van der Waals surface area contributed by atoms with Crippen molar-refractivity contribution in [2.75, 3.05) is 17.7 Å². The molecule has 2 amide bonds. The van der Waals surface area contributed by atoms with Gasteiger partial charge < -0.3 is 20.1 Å². The van der Waals surface area contributed by atoms with Crippen LogP contribution in [0.25, 0.3) is 0 Å². The van der Waals surface area contributed by atoms with Crippen LogP contribution in [-0.2, 0) is 20.4 Å². The highest BCUT2D eigenvalue weighted by atomic mass is 35.5. The maximum absolute atomic E-state index is 13.4. The fourth-order valence-electron chi connectivity index (χ4n) is 4.66. The van der Waals surface area contributed by atoms with Gasteiger partial charge >= 0.3 is 0 Å². The average molecular weight is 621 g/mol. The lowest BCUT2D eigenvalue weighted by Crippen LogP contribution is -2.33. The number of carbonyl (C=O) groups is 3. The van der Waals surface area contributed by atoms with E-state index in [9.17, 15) is 14.4 Å². The molecule has 3 aromatic rings. The number of ketones is 1. The first-order chi connectivity index (χ1) is 20.8. The summed E-state index contributed by atoms with van der Waals surface area (Å²) in [5.41, 5.74) is 3.24. The molecule has 0 aliphatic rings. The van der Waals surface area contributed by atoms with Crippen LogP contribution in [0.3, 0.4) is 0 Å². The molecule has 3 aromatic carbocycles. The van der Waals surface area contributed by atoms with E-state index < -0.39 is 23.2 Å². The van der Waals surface area contributed by atoms with Gasteiger partial charge in [0.25, 0.3) is 5.91 Å². The number of para-hydroxylation sites is 1. The van der Waals surface area contributed by atoms with Crippen LogP contribution in [-0.4, -0.2) is 36.2 Å². The highest BCUT2D eigenvalue weighted by Gasteiger charge is 2.30. The van der Waals surface area contributed by atoms with Crippen molar-refractivity contribution < 1.29 is 23.9 Å². The second kappa shape index (κ2) is 14.8. The number of carbonyl (C=O) groups excluding carboxylic acids is 3. The zero-order chi connectivity index (χ0) is 32.7. The normalized spacial score (nSPS) is 13.0. The molecule has 0 aliphatic heterocycles.